The third kappa shape index (κ3) is 4.22. The van der Waals surface area contributed by atoms with Crippen LogP contribution in [-0.4, -0.2) is 48.3 Å². The number of piperazine rings is 1. The molecule has 2 aromatic carbocycles. The van der Waals surface area contributed by atoms with Crippen LogP contribution in [0.2, 0.25) is 0 Å². The fourth-order valence-electron chi connectivity index (χ4n) is 3.59. The van der Waals surface area contributed by atoms with Crippen LogP contribution in [0.5, 0.6) is 0 Å². The zero-order chi connectivity index (χ0) is 20.2. The number of carbonyl (C=O) groups is 2. The fraction of sp³-hybridized carbons (Fsp3) is 0.217. The molecule has 3 aromatic rings. The van der Waals surface area contributed by atoms with Crippen LogP contribution in [0.3, 0.4) is 0 Å². The maximum Gasteiger partial charge on any atom is 0.291 e. The number of furan rings is 1. The summed E-state index contributed by atoms with van der Waals surface area (Å²) in [6, 6.07) is 20.4. The van der Waals surface area contributed by atoms with Crippen molar-refractivity contribution >= 4 is 17.5 Å². The van der Waals surface area contributed by atoms with E-state index in [1.165, 1.54) is 6.26 Å². The fourth-order valence-corrected chi connectivity index (χ4v) is 3.59. The van der Waals surface area contributed by atoms with Gasteiger partial charge in [-0.15, -0.1) is 0 Å². The Morgan fingerprint density at radius 3 is 2.41 bits per heavy atom. The molecule has 1 saturated heterocycles. The SMILES string of the molecule is CN1CCN(C(=O)c2ccc(NC(=O)c3ccco3)cc2)[C@H](c2ccccc2)C1. The second-order valence-corrected chi connectivity index (χ2v) is 7.20. The highest BCUT2D eigenvalue weighted by Gasteiger charge is 2.30. The summed E-state index contributed by atoms with van der Waals surface area (Å²) in [5, 5.41) is 2.77. The van der Waals surface area contributed by atoms with E-state index >= 15 is 0 Å². The summed E-state index contributed by atoms with van der Waals surface area (Å²) >= 11 is 0. The summed E-state index contributed by atoms with van der Waals surface area (Å²) in [4.78, 5) is 29.5. The molecular formula is C23H23N3O3. The number of rotatable bonds is 4. The van der Waals surface area contributed by atoms with E-state index in [1.807, 2.05) is 23.1 Å². The second kappa shape index (κ2) is 8.32. The zero-order valence-electron chi connectivity index (χ0n) is 16.2. The topological polar surface area (TPSA) is 65.8 Å². The Morgan fingerprint density at radius 1 is 0.966 bits per heavy atom. The highest BCUT2D eigenvalue weighted by atomic mass is 16.3. The van der Waals surface area contributed by atoms with Gasteiger partial charge in [0.1, 0.15) is 0 Å². The molecule has 6 nitrogen and oxygen atoms in total. The number of hydrogen-bond donors (Lipinski definition) is 1. The van der Waals surface area contributed by atoms with Gasteiger partial charge in [0, 0.05) is 30.9 Å². The predicted molar refractivity (Wildman–Crippen MR) is 111 cm³/mol. The lowest BCUT2D eigenvalue weighted by Crippen LogP contribution is -2.49. The number of benzene rings is 2. The molecule has 29 heavy (non-hydrogen) atoms. The van der Waals surface area contributed by atoms with Crippen molar-refractivity contribution < 1.29 is 14.0 Å². The smallest absolute Gasteiger partial charge is 0.291 e. The molecule has 1 aliphatic rings. The minimum Gasteiger partial charge on any atom is -0.459 e. The van der Waals surface area contributed by atoms with E-state index in [1.54, 1.807) is 36.4 Å². The van der Waals surface area contributed by atoms with Crippen molar-refractivity contribution in [2.45, 2.75) is 6.04 Å². The zero-order valence-corrected chi connectivity index (χ0v) is 16.2. The molecular weight excluding hydrogens is 366 g/mol. The second-order valence-electron chi connectivity index (χ2n) is 7.20. The molecule has 1 fully saturated rings. The maximum atomic E-state index is 13.2. The monoisotopic (exact) mass is 389 g/mol. The van der Waals surface area contributed by atoms with Gasteiger partial charge in [-0.2, -0.15) is 0 Å². The van der Waals surface area contributed by atoms with Crippen LogP contribution < -0.4 is 5.32 Å². The van der Waals surface area contributed by atoms with Gasteiger partial charge in [-0.1, -0.05) is 30.3 Å². The first kappa shape index (κ1) is 19.0. The molecule has 4 rings (SSSR count). The minimum absolute atomic E-state index is 0.00383. The molecule has 0 radical (unpaired) electrons. The van der Waals surface area contributed by atoms with E-state index in [4.69, 9.17) is 4.42 Å². The lowest BCUT2D eigenvalue weighted by atomic mass is 10.0. The Hall–Kier alpha value is -3.38. The largest absolute Gasteiger partial charge is 0.459 e. The van der Waals surface area contributed by atoms with Crippen molar-refractivity contribution in [3.8, 4) is 0 Å². The first-order chi connectivity index (χ1) is 14.1. The third-order valence-corrected chi connectivity index (χ3v) is 5.16. The number of likely N-dealkylation sites (N-methyl/N-ethyl adjacent to an activating group) is 1. The summed E-state index contributed by atoms with van der Waals surface area (Å²) < 4.78 is 5.09. The Bertz CT molecular complexity index is 968. The van der Waals surface area contributed by atoms with Gasteiger partial charge in [-0.25, -0.2) is 0 Å². The molecule has 0 unspecified atom stereocenters. The molecule has 0 aliphatic carbocycles. The molecule has 6 heteroatoms. The van der Waals surface area contributed by atoms with Gasteiger partial charge in [0.2, 0.25) is 0 Å². The Labute approximate surface area is 169 Å². The molecule has 0 spiro atoms. The van der Waals surface area contributed by atoms with Crippen LogP contribution >= 0.6 is 0 Å². The van der Waals surface area contributed by atoms with Crippen molar-refractivity contribution in [1.29, 1.82) is 0 Å². The van der Waals surface area contributed by atoms with Crippen molar-refractivity contribution in [2.75, 3.05) is 32.0 Å². The van der Waals surface area contributed by atoms with Crippen LogP contribution in [0.25, 0.3) is 0 Å². The Morgan fingerprint density at radius 2 is 1.72 bits per heavy atom. The van der Waals surface area contributed by atoms with Gasteiger partial charge in [0.15, 0.2) is 5.76 Å². The Balaban J connectivity index is 1.50. The first-order valence-electron chi connectivity index (χ1n) is 9.61. The molecule has 1 atom stereocenters. The van der Waals surface area contributed by atoms with Crippen molar-refractivity contribution in [1.82, 2.24) is 9.80 Å². The molecule has 0 bridgehead atoms. The van der Waals surface area contributed by atoms with E-state index < -0.39 is 0 Å². The Kier molecular flexibility index (Phi) is 5.44. The molecule has 1 aromatic heterocycles. The molecule has 1 N–H and O–H groups in total. The van der Waals surface area contributed by atoms with Crippen LogP contribution in [0.15, 0.2) is 77.4 Å². The number of amides is 2. The summed E-state index contributed by atoms with van der Waals surface area (Å²) in [5.74, 6) is -0.0820. The van der Waals surface area contributed by atoms with Crippen molar-refractivity contribution in [3.05, 3.63) is 89.9 Å². The van der Waals surface area contributed by atoms with E-state index in [9.17, 15) is 9.59 Å². The molecule has 1 aliphatic heterocycles. The number of carbonyl (C=O) groups excluding carboxylic acids is 2. The standard InChI is InChI=1S/C23H23N3O3/c1-25-13-14-26(20(16-25)17-6-3-2-4-7-17)23(28)18-9-11-19(12-10-18)24-22(27)21-8-5-15-29-21/h2-12,15,20H,13-14,16H2,1H3,(H,24,27)/t20-/m0/s1. The lowest BCUT2D eigenvalue weighted by molar-refractivity contribution is 0.0498. The van der Waals surface area contributed by atoms with E-state index in [2.05, 4.69) is 29.4 Å². The third-order valence-electron chi connectivity index (χ3n) is 5.16. The minimum atomic E-state index is -0.322. The van der Waals surface area contributed by atoms with Crippen LogP contribution in [0, 0.1) is 0 Å². The summed E-state index contributed by atoms with van der Waals surface area (Å²) in [5.41, 5.74) is 2.35. The summed E-state index contributed by atoms with van der Waals surface area (Å²) in [6.07, 6.45) is 1.45. The normalized spacial score (nSPS) is 17.1. The van der Waals surface area contributed by atoms with E-state index in [0.29, 0.717) is 17.8 Å². The van der Waals surface area contributed by atoms with Crippen molar-refractivity contribution in [2.24, 2.45) is 0 Å². The number of nitrogens with zero attached hydrogens (tertiary/aromatic N) is 2. The molecule has 2 heterocycles. The van der Waals surface area contributed by atoms with Gasteiger partial charge >= 0.3 is 0 Å². The van der Waals surface area contributed by atoms with E-state index in [-0.39, 0.29) is 23.6 Å². The quantitative estimate of drug-likeness (QED) is 0.740. The number of anilines is 1. The van der Waals surface area contributed by atoms with Crippen LogP contribution in [0.1, 0.15) is 32.5 Å². The highest BCUT2D eigenvalue weighted by molar-refractivity contribution is 6.02. The molecule has 2 amide bonds. The van der Waals surface area contributed by atoms with Gasteiger partial charge in [-0.3, -0.25) is 9.59 Å². The van der Waals surface area contributed by atoms with E-state index in [0.717, 1.165) is 18.7 Å². The molecule has 148 valence electrons. The van der Waals surface area contributed by atoms with Crippen molar-refractivity contribution in [3.63, 3.8) is 0 Å². The highest BCUT2D eigenvalue weighted by Crippen LogP contribution is 2.27. The number of nitrogens with one attached hydrogen (secondary N) is 1. The average Bonchev–Trinajstić information content (AvgIpc) is 3.30. The lowest BCUT2D eigenvalue weighted by Gasteiger charge is -2.40. The van der Waals surface area contributed by atoms with Gasteiger partial charge < -0.3 is 19.5 Å². The number of hydrogen-bond acceptors (Lipinski definition) is 4. The maximum absolute atomic E-state index is 13.2. The molecule has 0 saturated carbocycles. The predicted octanol–water partition coefficient (Wildman–Crippen LogP) is 3.66. The average molecular weight is 389 g/mol. The van der Waals surface area contributed by atoms with Crippen LogP contribution in [0.4, 0.5) is 5.69 Å². The van der Waals surface area contributed by atoms with Gasteiger partial charge in [-0.05, 0) is 49.0 Å². The summed E-state index contributed by atoms with van der Waals surface area (Å²) in [6.45, 7) is 2.31. The van der Waals surface area contributed by atoms with Gasteiger partial charge in [0.25, 0.3) is 11.8 Å². The van der Waals surface area contributed by atoms with Crippen LogP contribution in [-0.2, 0) is 0 Å². The van der Waals surface area contributed by atoms with Gasteiger partial charge in [0.05, 0.1) is 12.3 Å². The summed E-state index contributed by atoms with van der Waals surface area (Å²) in [7, 11) is 2.08. The first-order valence-corrected chi connectivity index (χ1v) is 9.61.